The predicted octanol–water partition coefficient (Wildman–Crippen LogP) is 2.73. The Morgan fingerprint density at radius 3 is 2.29 bits per heavy atom. The van der Waals surface area contributed by atoms with Crippen molar-refractivity contribution in [3.05, 3.63) is 65.2 Å². The molecule has 0 saturated heterocycles. The van der Waals surface area contributed by atoms with E-state index in [-0.39, 0.29) is 5.56 Å². The van der Waals surface area contributed by atoms with Crippen LogP contribution in [0.4, 0.5) is 13.2 Å². The molecule has 2 nitrogen and oxygen atoms in total. The van der Waals surface area contributed by atoms with Gasteiger partial charge < -0.3 is 0 Å². The summed E-state index contributed by atoms with van der Waals surface area (Å²) in [5.74, 6) is -3.65. The van der Waals surface area contributed by atoms with Gasteiger partial charge in [0.05, 0.1) is 11.8 Å². The van der Waals surface area contributed by atoms with Crippen molar-refractivity contribution in [2.45, 2.75) is 0 Å². The Balaban J connectivity index is 2.51. The summed E-state index contributed by atoms with van der Waals surface area (Å²) in [6, 6.07) is 3.94. The predicted molar refractivity (Wildman–Crippen MR) is 54.0 cm³/mol. The molecule has 0 N–H and O–H groups in total. The zero-order valence-corrected chi connectivity index (χ0v) is 8.45. The van der Waals surface area contributed by atoms with E-state index in [9.17, 15) is 18.0 Å². The van der Waals surface area contributed by atoms with Crippen LogP contribution in [0.25, 0.3) is 0 Å². The fraction of sp³-hybridized carbons (Fsp3) is 0. The number of halogens is 3. The Morgan fingerprint density at radius 2 is 1.71 bits per heavy atom. The minimum Gasteiger partial charge on any atom is -0.288 e. The van der Waals surface area contributed by atoms with Gasteiger partial charge in [-0.15, -0.1) is 0 Å². The summed E-state index contributed by atoms with van der Waals surface area (Å²) < 4.78 is 39.5. The molecule has 0 fully saturated rings. The van der Waals surface area contributed by atoms with E-state index < -0.39 is 28.8 Å². The van der Waals surface area contributed by atoms with Gasteiger partial charge >= 0.3 is 0 Å². The number of hydrogen-bond donors (Lipinski definition) is 0. The minimum atomic E-state index is -0.987. The van der Waals surface area contributed by atoms with Crippen molar-refractivity contribution in [3.8, 4) is 0 Å². The second kappa shape index (κ2) is 4.37. The van der Waals surface area contributed by atoms with Gasteiger partial charge in [-0.2, -0.15) is 0 Å². The lowest BCUT2D eigenvalue weighted by molar-refractivity contribution is 0.103. The molecule has 0 bridgehead atoms. The maximum atomic E-state index is 13.3. The van der Waals surface area contributed by atoms with Crippen LogP contribution in [-0.2, 0) is 0 Å². The smallest absolute Gasteiger partial charge is 0.200 e. The third-order valence-corrected chi connectivity index (χ3v) is 2.16. The third kappa shape index (κ3) is 2.18. The largest absolute Gasteiger partial charge is 0.288 e. The molecular weight excluding hydrogens is 231 g/mol. The van der Waals surface area contributed by atoms with E-state index >= 15 is 0 Å². The highest BCUT2D eigenvalue weighted by Gasteiger charge is 2.19. The number of nitrogens with zero attached hydrogens (tertiary/aromatic N) is 1. The van der Waals surface area contributed by atoms with Crippen molar-refractivity contribution in [1.82, 2.24) is 4.98 Å². The first kappa shape index (κ1) is 11.3. The van der Waals surface area contributed by atoms with Gasteiger partial charge in [0.2, 0.25) is 5.78 Å². The highest BCUT2D eigenvalue weighted by molar-refractivity contribution is 6.09. The summed E-state index contributed by atoms with van der Waals surface area (Å²) in [5, 5.41) is 0. The van der Waals surface area contributed by atoms with Crippen LogP contribution in [-0.4, -0.2) is 10.8 Å². The number of rotatable bonds is 2. The molecule has 0 aliphatic heterocycles. The van der Waals surface area contributed by atoms with E-state index in [0.717, 1.165) is 36.7 Å². The summed E-state index contributed by atoms with van der Waals surface area (Å²) in [5.41, 5.74) is -0.908. The normalized spacial score (nSPS) is 10.3. The molecule has 1 aromatic carbocycles. The minimum absolute atomic E-state index is 0.200. The Kier molecular flexibility index (Phi) is 2.91. The molecule has 0 saturated carbocycles. The standard InChI is InChI=1S/C12H6F3NO/c13-8-4-7(5-16-6-8)12(17)11-9(14)2-1-3-10(11)15/h1-6H. The summed E-state index contributed by atoms with van der Waals surface area (Å²) in [6.45, 7) is 0. The Labute approximate surface area is 94.7 Å². The fourth-order valence-corrected chi connectivity index (χ4v) is 1.40. The van der Waals surface area contributed by atoms with Gasteiger partial charge in [-0.3, -0.25) is 9.78 Å². The van der Waals surface area contributed by atoms with E-state index in [4.69, 9.17) is 0 Å². The average molecular weight is 237 g/mol. The van der Waals surface area contributed by atoms with Crippen LogP contribution in [0.5, 0.6) is 0 Å². The van der Waals surface area contributed by atoms with Gasteiger partial charge in [-0.1, -0.05) is 6.07 Å². The van der Waals surface area contributed by atoms with Crippen molar-refractivity contribution in [2.75, 3.05) is 0 Å². The summed E-state index contributed by atoms with van der Waals surface area (Å²) in [4.78, 5) is 15.2. The number of benzene rings is 1. The molecule has 2 aromatic rings. The second-order valence-corrected chi connectivity index (χ2v) is 3.32. The molecule has 0 aliphatic carbocycles. The van der Waals surface area contributed by atoms with E-state index in [1.165, 1.54) is 0 Å². The maximum absolute atomic E-state index is 13.3. The lowest BCUT2D eigenvalue weighted by Crippen LogP contribution is -2.08. The number of carbonyl (C=O) groups is 1. The Bertz CT molecular complexity index is 563. The summed E-state index contributed by atoms with van der Waals surface area (Å²) in [6.07, 6.45) is 1.95. The molecule has 17 heavy (non-hydrogen) atoms. The lowest BCUT2D eigenvalue weighted by atomic mass is 10.0. The first-order valence-electron chi connectivity index (χ1n) is 4.69. The van der Waals surface area contributed by atoms with Crippen LogP contribution in [0.1, 0.15) is 15.9 Å². The van der Waals surface area contributed by atoms with Gasteiger partial charge in [-0.25, -0.2) is 13.2 Å². The van der Waals surface area contributed by atoms with Crippen LogP contribution in [0, 0.1) is 17.5 Å². The average Bonchev–Trinajstić information content (AvgIpc) is 2.28. The molecule has 86 valence electrons. The Hall–Kier alpha value is -2.17. The first-order chi connectivity index (χ1) is 8.09. The molecule has 1 heterocycles. The molecule has 5 heteroatoms. The van der Waals surface area contributed by atoms with Gasteiger partial charge in [0, 0.05) is 11.8 Å². The molecule has 0 aliphatic rings. The highest BCUT2D eigenvalue weighted by Crippen LogP contribution is 2.17. The number of hydrogen-bond acceptors (Lipinski definition) is 2. The molecular formula is C12H6F3NO. The van der Waals surface area contributed by atoms with E-state index in [0.29, 0.717) is 0 Å². The molecule has 0 unspecified atom stereocenters. The number of ketones is 1. The van der Waals surface area contributed by atoms with E-state index in [1.807, 2.05) is 0 Å². The van der Waals surface area contributed by atoms with Crippen molar-refractivity contribution in [2.24, 2.45) is 0 Å². The van der Waals surface area contributed by atoms with Gasteiger partial charge in [0.25, 0.3) is 0 Å². The Morgan fingerprint density at radius 1 is 1.06 bits per heavy atom. The summed E-state index contributed by atoms with van der Waals surface area (Å²) in [7, 11) is 0. The molecule has 1 aromatic heterocycles. The second-order valence-electron chi connectivity index (χ2n) is 3.32. The van der Waals surface area contributed by atoms with E-state index in [1.54, 1.807) is 0 Å². The number of pyridine rings is 1. The SMILES string of the molecule is O=C(c1cncc(F)c1)c1c(F)cccc1F. The summed E-state index contributed by atoms with van der Waals surface area (Å²) >= 11 is 0. The van der Waals surface area contributed by atoms with Crippen molar-refractivity contribution in [1.29, 1.82) is 0 Å². The van der Waals surface area contributed by atoms with Crippen molar-refractivity contribution in [3.63, 3.8) is 0 Å². The van der Waals surface area contributed by atoms with Crippen molar-refractivity contribution >= 4 is 5.78 Å². The van der Waals surface area contributed by atoms with Crippen LogP contribution in [0.3, 0.4) is 0 Å². The monoisotopic (exact) mass is 237 g/mol. The molecule has 2 rings (SSSR count). The molecule has 0 atom stereocenters. The van der Waals surface area contributed by atoms with Crippen LogP contribution in [0.2, 0.25) is 0 Å². The lowest BCUT2D eigenvalue weighted by Gasteiger charge is -2.03. The molecule has 0 spiro atoms. The first-order valence-corrected chi connectivity index (χ1v) is 4.69. The van der Waals surface area contributed by atoms with E-state index in [2.05, 4.69) is 4.98 Å². The van der Waals surface area contributed by atoms with Crippen LogP contribution >= 0.6 is 0 Å². The van der Waals surface area contributed by atoms with Gasteiger partial charge in [0.1, 0.15) is 17.5 Å². The van der Waals surface area contributed by atoms with Gasteiger partial charge in [-0.05, 0) is 18.2 Å². The quantitative estimate of drug-likeness (QED) is 0.751. The third-order valence-electron chi connectivity index (χ3n) is 2.16. The zero-order valence-electron chi connectivity index (χ0n) is 8.45. The van der Waals surface area contributed by atoms with Crippen LogP contribution in [0.15, 0.2) is 36.7 Å². The van der Waals surface area contributed by atoms with Crippen LogP contribution < -0.4 is 0 Å². The molecule has 0 radical (unpaired) electrons. The number of aromatic nitrogens is 1. The highest BCUT2D eigenvalue weighted by atomic mass is 19.1. The fourth-order valence-electron chi connectivity index (χ4n) is 1.40. The topological polar surface area (TPSA) is 30.0 Å². The van der Waals surface area contributed by atoms with Crippen molar-refractivity contribution < 1.29 is 18.0 Å². The van der Waals surface area contributed by atoms with Gasteiger partial charge in [0.15, 0.2) is 0 Å². The molecule has 0 amide bonds. The number of carbonyl (C=O) groups excluding carboxylic acids is 1. The maximum Gasteiger partial charge on any atom is 0.200 e. The zero-order chi connectivity index (χ0) is 12.4.